The van der Waals surface area contributed by atoms with E-state index in [1.165, 1.54) is 24.3 Å². The molecule has 0 unspecified atom stereocenters. The van der Waals surface area contributed by atoms with Gasteiger partial charge in [0.1, 0.15) is 0 Å². The Hall–Kier alpha value is -1.80. The number of carbonyl (C=O) groups is 1. The third-order valence-electron chi connectivity index (χ3n) is 1.79. The summed E-state index contributed by atoms with van der Waals surface area (Å²) in [5, 5.41) is 7.99. The van der Waals surface area contributed by atoms with Gasteiger partial charge in [-0.15, -0.1) is 4.91 Å². The molecule has 0 saturated heterocycles. The van der Waals surface area contributed by atoms with E-state index < -0.39 is 15.9 Å². The number of anilines is 1. The summed E-state index contributed by atoms with van der Waals surface area (Å²) in [4.78, 5) is 21.2. The van der Waals surface area contributed by atoms with E-state index in [-0.39, 0.29) is 10.6 Å². The molecule has 8 heteroatoms. The molecule has 0 aliphatic rings. The van der Waals surface area contributed by atoms with Crippen molar-refractivity contribution < 1.29 is 13.2 Å². The van der Waals surface area contributed by atoms with Crippen LogP contribution in [0.2, 0.25) is 0 Å². The van der Waals surface area contributed by atoms with Crippen molar-refractivity contribution in [1.82, 2.24) is 0 Å². The number of nitrogens with two attached hydrogens (primary N) is 1. The summed E-state index contributed by atoms with van der Waals surface area (Å²) in [7, 11) is -3.78. The lowest BCUT2D eigenvalue weighted by atomic mass is 10.3. The van der Waals surface area contributed by atoms with Gasteiger partial charge in [-0.05, 0) is 24.3 Å². The minimum absolute atomic E-state index is 0.106. The summed E-state index contributed by atoms with van der Waals surface area (Å²) >= 11 is 0. The Labute approximate surface area is 91.8 Å². The standard InChI is InChI=1S/C8H9N3O4S/c1-6(12)11(10-13)7-2-4-8(5-3-7)16(9,14)15/h2-5H,1H3,(H2,9,14,15). The zero-order valence-corrected chi connectivity index (χ0v) is 9.14. The molecule has 1 rings (SSSR count). The molecule has 0 spiro atoms. The van der Waals surface area contributed by atoms with Gasteiger partial charge in [-0.2, -0.15) is 5.01 Å². The molecule has 0 aromatic heterocycles. The van der Waals surface area contributed by atoms with Crippen molar-refractivity contribution in [2.75, 3.05) is 5.01 Å². The van der Waals surface area contributed by atoms with Crippen LogP contribution in [0.1, 0.15) is 6.92 Å². The summed E-state index contributed by atoms with van der Waals surface area (Å²) in [6.07, 6.45) is 0. The van der Waals surface area contributed by atoms with Crippen LogP contribution in [0, 0.1) is 4.91 Å². The van der Waals surface area contributed by atoms with Crippen LogP contribution in [0.25, 0.3) is 0 Å². The Balaban J connectivity index is 3.12. The van der Waals surface area contributed by atoms with Crippen molar-refractivity contribution >= 4 is 21.6 Å². The van der Waals surface area contributed by atoms with Gasteiger partial charge in [0.15, 0.2) is 0 Å². The molecule has 0 radical (unpaired) electrons. The van der Waals surface area contributed by atoms with Gasteiger partial charge < -0.3 is 0 Å². The molecule has 2 N–H and O–H groups in total. The number of hydrogen-bond acceptors (Lipinski definition) is 5. The predicted molar refractivity (Wildman–Crippen MR) is 56.8 cm³/mol. The maximum Gasteiger partial charge on any atom is 0.246 e. The predicted octanol–water partition coefficient (Wildman–Crippen LogP) is 0.368. The number of nitrogens with zero attached hydrogens (tertiary/aromatic N) is 2. The number of sulfonamides is 1. The van der Waals surface area contributed by atoms with Crippen molar-refractivity contribution in [2.24, 2.45) is 10.4 Å². The van der Waals surface area contributed by atoms with Gasteiger partial charge in [0, 0.05) is 6.92 Å². The maximum absolute atomic E-state index is 10.9. The lowest BCUT2D eigenvalue weighted by molar-refractivity contribution is -0.116. The fraction of sp³-hybridized carbons (Fsp3) is 0.125. The smallest absolute Gasteiger partial charge is 0.246 e. The molecule has 0 atom stereocenters. The average molecular weight is 243 g/mol. The first-order valence-corrected chi connectivity index (χ1v) is 5.67. The average Bonchev–Trinajstić information content (AvgIpc) is 2.17. The first-order valence-electron chi connectivity index (χ1n) is 4.13. The number of carbonyl (C=O) groups excluding carboxylic acids is 1. The molecule has 0 saturated carbocycles. The SMILES string of the molecule is CC(=O)N(N=O)c1ccc(S(N)(=O)=O)cc1. The number of benzene rings is 1. The molecule has 1 aromatic carbocycles. The molecule has 16 heavy (non-hydrogen) atoms. The van der Waals surface area contributed by atoms with Gasteiger partial charge in [0.25, 0.3) is 0 Å². The molecule has 1 aromatic rings. The fourth-order valence-corrected chi connectivity index (χ4v) is 1.58. The third kappa shape index (κ3) is 2.61. The van der Waals surface area contributed by atoms with Gasteiger partial charge in [-0.25, -0.2) is 13.6 Å². The highest BCUT2D eigenvalue weighted by Crippen LogP contribution is 2.17. The summed E-state index contributed by atoms with van der Waals surface area (Å²) < 4.78 is 21.9. The first-order chi connectivity index (χ1) is 7.36. The van der Waals surface area contributed by atoms with Gasteiger partial charge in [0.05, 0.1) is 15.9 Å². The normalized spacial score (nSPS) is 10.9. The Morgan fingerprint density at radius 1 is 1.31 bits per heavy atom. The zero-order chi connectivity index (χ0) is 12.3. The monoisotopic (exact) mass is 243 g/mol. The van der Waals surface area contributed by atoms with E-state index >= 15 is 0 Å². The molecule has 0 aliphatic heterocycles. The van der Waals surface area contributed by atoms with Crippen LogP contribution < -0.4 is 10.1 Å². The molecule has 0 fully saturated rings. The largest absolute Gasteiger partial charge is 0.273 e. The van der Waals surface area contributed by atoms with Crippen molar-refractivity contribution in [3.05, 3.63) is 29.2 Å². The highest BCUT2D eigenvalue weighted by atomic mass is 32.2. The summed E-state index contributed by atoms with van der Waals surface area (Å²) in [5.74, 6) is -0.571. The highest BCUT2D eigenvalue weighted by Gasteiger charge is 2.13. The second-order valence-electron chi connectivity index (χ2n) is 2.95. The molecular weight excluding hydrogens is 234 g/mol. The molecule has 0 heterocycles. The second kappa shape index (κ2) is 4.37. The Morgan fingerprint density at radius 2 is 1.81 bits per heavy atom. The third-order valence-corrected chi connectivity index (χ3v) is 2.72. The van der Waals surface area contributed by atoms with Gasteiger partial charge in [-0.3, -0.25) is 4.79 Å². The van der Waals surface area contributed by atoms with Gasteiger partial charge in [0.2, 0.25) is 15.9 Å². The summed E-state index contributed by atoms with van der Waals surface area (Å²) in [6.45, 7) is 1.16. The van der Waals surface area contributed by atoms with Crippen LogP contribution in [-0.2, 0) is 14.8 Å². The number of rotatable bonds is 3. The molecule has 7 nitrogen and oxygen atoms in total. The molecular formula is C8H9N3O4S. The van der Waals surface area contributed by atoms with Crippen molar-refractivity contribution in [2.45, 2.75) is 11.8 Å². The Bertz CT molecular complexity index is 509. The van der Waals surface area contributed by atoms with Crippen LogP contribution >= 0.6 is 0 Å². The first kappa shape index (κ1) is 12.3. The molecule has 0 aliphatic carbocycles. The van der Waals surface area contributed by atoms with E-state index in [4.69, 9.17) is 5.14 Å². The van der Waals surface area contributed by atoms with E-state index in [0.29, 0.717) is 5.01 Å². The zero-order valence-electron chi connectivity index (χ0n) is 8.32. The lowest BCUT2D eigenvalue weighted by Gasteiger charge is -2.10. The van der Waals surface area contributed by atoms with Gasteiger partial charge >= 0.3 is 0 Å². The van der Waals surface area contributed by atoms with Crippen molar-refractivity contribution in [1.29, 1.82) is 0 Å². The van der Waals surface area contributed by atoms with Crippen molar-refractivity contribution in [3.63, 3.8) is 0 Å². The quantitative estimate of drug-likeness (QED) is 0.610. The topological polar surface area (TPSA) is 110 Å². The van der Waals surface area contributed by atoms with Crippen LogP contribution in [0.5, 0.6) is 0 Å². The summed E-state index contributed by atoms with van der Waals surface area (Å²) in [6, 6.07) is 4.91. The fourth-order valence-electron chi connectivity index (χ4n) is 1.06. The second-order valence-corrected chi connectivity index (χ2v) is 4.51. The minimum Gasteiger partial charge on any atom is -0.273 e. The van der Waals surface area contributed by atoms with Crippen LogP contribution in [0.15, 0.2) is 34.4 Å². The number of nitroso groups, excluding NO2 is 1. The van der Waals surface area contributed by atoms with Crippen molar-refractivity contribution in [3.8, 4) is 0 Å². The van der Waals surface area contributed by atoms with E-state index in [1.54, 1.807) is 0 Å². The van der Waals surface area contributed by atoms with E-state index in [1.807, 2.05) is 0 Å². The summed E-state index contributed by atoms with van der Waals surface area (Å²) in [5.41, 5.74) is 0.176. The molecule has 0 bridgehead atoms. The Morgan fingerprint density at radius 3 is 2.12 bits per heavy atom. The van der Waals surface area contributed by atoms with E-state index in [9.17, 15) is 18.1 Å². The number of primary sulfonamides is 1. The van der Waals surface area contributed by atoms with Crippen LogP contribution in [-0.4, -0.2) is 14.3 Å². The van der Waals surface area contributed by atoms with E-state index in [0.717, 1.165) is 6.92 Å². The highest BCUT2D eigenvalue weighted by molar-refractivity contribution is 7.89. The maximum atomic E-state index is 10.9. The lowest BCUT2D eigenvalue weighted by Crippen LogP contribution is -2.21. The molecule has 1 amide bonds. The molecule has 86 valence electrons. The number of hydrogen-bond donors (Lipinski definition) is 1. The van der Waals surface area contributed by atoms with Gasteiger partial charge in [-0.1, -0.05) is 0 Å². The number of amides is 1. The van der Waals surface area contributed by atoms with E-state index in [2.05, 4.69) is 5.29 Å². The van der Waals surface area contributed by atoms with Crippen LogP contribution in [0.3, 0.4) is 0 Å². The minimum atomic E-state index is -3.78. The van der Waals surface area contributed by atoms with Crippen LogP contribution in [0.4, 0.5) is 5.69 Å². The Kier molecular flexibility index (Phi) is 3.35.